The van der Waals surface area contributed by atoms with E-state index in [4.69, 9.17) is 4.42 Å². The predicted molar refractivity (Wildman–Crippen MR) is 109 cm³/mol. The number of thiophene rings is 1. The Morgan fingerprint density at radius 1 is 1.30 bits per heavy atom. The fourth-order valence-electron chi connectivity index (χ4n) is 2.67. The lowest BCUT2D eigenvalue weighted by molar-refractivity contribution is 0.103. The van der Waals surface area contributed by atoms with Crippen molar-refractivity contribution in [2.24, 2.45) is 0 Å². The highest BCUT2D eigenvalue weighted by Gasteiger charge is 2.16. The van der Waals surface area contributed by atoms with Crippen LogP contribution in [0.4, 0.5) is 10.8 Å². The van der Waals surface area contributed by atoms with Crippen molar-refractivity contribution in [2.45, 2.75) is 26.3 Å². The van der Waals surface area contributed by atoms with Crippen LogP contribution in [0.15, 0.2) is 28.7 Å². The Labute approximate surface area is 163 Å². The number of hydrogen-bond acceptors (Lipinski definition) is 8. The second-order valence-corrected chi connectivity index (χ2v) is 8.16. The quantitative estimate of drug-likeness (QED) is 0.446. The Morgan fingerprint density at radius 2 is 2.15 bits per heavy atom. The largest absolute Gasteiger partial charge is 0.441 e. The number of hydrogen-bond donors (Lipinski definition) is 3. The summed E-state index contributed by atoms with van der Waals surface area (Å²) in [5, 5.41) is 16.2. The maximum Gasteiger partial charge on any atom is 0.265 e. The topological polar surface area (TPSA) is 100 Å². The van der Waals surface area contributed by atoms with Crippen molar-refractivity contribution < 1.29 is 14.3 Å². The monoisotopic (exact) mass is 402 g/mol. The third-order valence-electron chi connectivity index (χ3n) is 4.11. The third kappa shape index (κ3) is 3.66. The van der Waals surface area contributed by atoms with Crippen molar-refractivity contribution in [1.29, 1.82) is 0 Å². The third-order valence-corrected chi connectivity index (χ3v) is 6.20. The van der Waals surface area contributed by atoms with Gasteiger partial charge in [-0.25, -0.2) is 9.97 Å². The lowest BCUT2D eigenvalue weighted by Crippen LogP contribution is -2.22. The SMILES string of the molecule is CCC(CO)Nc1nc2sc(C(=O)Nc3ccc4oc(C)nc4c3)cc2s1. The molecular formula is C18H18N4O3S2. The summed E-state index contributed by atoms with van der Waals surface area (Å²) in [5.41, 5.74) is 2.07. The fraction of sp³-hybridized carbons (Fsp3) is 0.278. The van der Waals surface area contributed by atoms with Crippen LogP contribution in [0.3, 0.4) is 0 Å². The van der Waals surface area contributed by atoms with Crippen LogP contribution >= 0.6 is 22.7 Å². The van der Waals surface area contributed by atoms with Crippen LogP contribution < -0.4 is 10.6 Å². The lowest BCUT2D eigenvalue weighted by atomic mass is 10.2. The Bertz CT molecular complexity index is 1080. The molecule has 1 atom stereocenters. The van der Waals surface area contributed by atoms with Gasteiger partial charge in [-0.05, 0) is 30.7 Å². The average Bonchev–Trinajstić information content (AvgIpc) is 3.30. The number of aliphatic hydroxyl groups is 1. The maximum absolute atomic E-state index is 12.6. The zero-order valence-electron chi connectivity index (χ0n) is 14.8. The first-order valence-corrected chi connectivity index (χ1v) is 10.2. The van der Waals surface area contributed by atoms with Crippen molar-refractivity contribution in [2.75, 3.05) is 17.2 Å². The van der Waals surface area contributed by atoms with Crippen LogP contribution in [0.2, 0.25) is 0 Å². The molecular weight excluding hydrogens is 384 g/mol. The summed E-state index contributed by atoms with van der Waals surface area (Å²) in [4.78, 5) is 22.8. The first-order chi connectivity index (χ1) is 13.1. The molecule has 7 nitrogen and oxygen atoms in total. The minimum atomic E-state index is -0.180. The van der Waals surface area contributed by atoms with Crippen molar-refractivity contribution in [3.8, 4) is 0 Å². The van der Waals surface area contributed by atoms with E-state index in [1.54, 1.807) is 25.1 Å². The van der Waals surface area contributed by atoms with Gasteiger partial charge < -0.3 is 20.2 Å². The minimum absolute atomic E-state index is 0.0110. The average molecular weight is 403 g/mol. The molecule has 1 amide bonds. The number of rotatable bonds is 6. The highest BCUT2D eigenvalue weighted by atomic mass is 32.1. The van der Waals surface area contributed by atoms with Gasteiger partial charge in [0.25, 0.3) is 5.91 Å². The molecule has 4 aromatic rings. The van der Waals surface area contributed by atoms with Crippen LogP contribution in [0.25, 0.3) is 20.6 Å². The highest BCUT2D eigenvalue weighted by Crippen LogP contribution is 2.33. The van der Waals surface area contributed by atoms with Crippen LogP contribution in [0.1, 0.15) is 28.9 Å². The van der Waals surface area contributed by atoms with Gasteiger partial charge in [-0.3, -0.25) is 4.79 Å². The summed E-state index contributed by atoms with van der Waals surface area (Å²) in [7, 11) is 0. The number of amides is 1. The van der Waals surface area contributed by atoms with Gasteiger partial charge in [0.05, 0.1) is 22.2 Å². The normalized spacial score (nSPS) is 12.6. The highest BCUT2D eigenvalue weighted by molar-refractivity contribution is 7.29. The van der Waals surface area contributed by atoms with Crippen molar-refractivity contribution in [1.82, 2.24) is 9.97 Å². The molecule has 0 saturated heterocycles. The van der Waals surface area contributed by atoms with E-state index in [0.717, 1.165) is 21.1 Å². The Morgan fingerprint density at radius 3 is 2.89 bits per heavy atom. The Balaban J connectivity index is 1.50. The van der Waals surface area contributed by atoms with E-state index in [2.05, 4.69) is 20.6 Å². The number of carbonyl (C=O) groups is 1. The number of benzene rings is 1. The predicted octanol–water partition coefficient (Wildman–Crippen LogP) is 4.24. The summed E-state index contributed by atoms with van der Waals surface area (Å²) in [6.45, 7) is 3.85. The summed E-state index contributed by atoms with van der Waals surface area (Å²) < 4.78 is 6.39. The van der Waals surface area contributed by atoms with Crippen molar-refractivity contribution in [3.05, 3.63) is 35.0 Å². The minimum Gasteiger partial charge on any atom is -0.441 e. The molecule has 0 radical (unpaired) electrons. The second-order valence-electron chi connectivity index (χ2n) is 6.10. The van der Waals surface area contributed by atoms with Gasteiger partial charge in [-0.15, -0.1) is 11.3 Å². The van der Waals surface area contributed by atoms with Gasteiger partial charge in [-0.2, -0.15) is 0 Å². The first-order valence-electron chi connectivity index (χ1n) is 8.52. The molecule has 0 aliphatic heterocycles. The number of nitrogens with one attached hydrogen (secondary N) is 2. The van der Waals surface area contributed by atoms with Gasteiger partial charge in [0, 0.05) is 12.6 Å². The number of anilines is 2. The molecule has 3 heterocycles. The molecule has 0 aliphatic carbocycles. The number of aryl methyl sites for hydroxylation is 1. The van der Waals surface area contributed by atoms with E-state index >= 15 is 0 Å². The maximum atomic E-state index is 12.6. The summed E-state index contributed by atoms with van der Waals surface area (Å²) >= 11 is 2.83. The number of oxazole rings is 1. The summed E-state index contributed by atoms with van der Waals surface area (Å²) in [6, 6.07) is 7.21. The van der Waals surface area contributed by atoms with Crippen molar-refractivity contribution >= 4 is 60.0 Å². The molecule has 0 bridgehead atoms. The standard InChI is InChI=1S/C18H18N4O3S2/c1-3-10(8-23)21-18-22-17-15(27-18)7-14(26-17)16(24)20-11-4-5-13-12(6-11)19-9(2)25-13/h4-7,10,23H,3,8H2,1-2H3,(H,20,24)(H,21,22). The van der Waals surface area contributed by atoms with Gasteiger partial charge in [0.1, 0.15) is 10.3 Å². The number of thiazole rings is 1. The van der Waals surface area contributed by atoms with Crippen molar-refractivity contribution in [3.63, 3.8) is 0 Å². The summed E-state index contributed by atoms with van der Waals surface area (Å²) in [6.07, 6.45) is 0.812. The molecule has 9 heteroatoms. The van der Waals surface area contributed by atoms with Gasteiger partial charge >= 0.3 is 0 Å². The van der Waals surface area contributed by atoms with Crippen LogP contribution in [-0.4, -0.2) is 33.6 Å². The number of aliphatic hydroxyl groups excluding tert-OH is 1. The molecule has 3 N–H and O–H groups in total. The van der Waals surface area contributed by atoms with E-state index < -0.39 is 0 Å². The van der Waals surface area contributed by atoms with E-state index in [-0.39, 0.29) is 18.6 Å². The smallest absolute Gasteiger partial charge is 0.265 e. The lowest BCUT2D eigenvalue weighted by Gasteiger charge is -2.11. The van der Waals surface area contributed by atoms with Gasteiger partial charge in [0.2, 0.25) is 0 Å². The molecule has 1 aromatic carbocycles. The molecule has 27 heavy (non-hydrogen) atoms. The molecule has 0 spiro atoms. The van der Waals surface area contributed by atoms with E-state index in [1.165, 1.54) is 22.7 Å². The number of aromatic nitrogens is 2. The zero-order valence-corrected chi connectivity index (χ0v) is 16.4. The van der Waals surface area contributed by atoms with E-state index in [9.17, 15) is 9.90 Å². The number of fused-ring (bicyclic) bond motifs is 2. The van der Waals surface area contributed by atoms with Crippen LogP contribution in [0.5, 0.6) is 0 Å². The first kappa shape index (κ1) is 17.9. The number of nitrogens with zero attached hydrogens (tertiary/aromatic N) is 2. The molecule has 3 aromatic heterocycles. The Hall–Kier alpha value is -2.49. The molecule has 140 valence electrons. The molecule has 1 unspecified atom stereocenters. The van der Waals surface area contributed by atoms with Crippen LogP contribution in [0, 0.1) is 6.92 Å². The molecule has 0 fully saturated rings. The summed E-state index contributed by atoms with van der Waals surface area (Å²) in [5.74, 6) is 0.412. The van der Waals surface area contributed by atoms with E-state index in [1.807, 2.05) is 13.0 Å². The fourth-order valence-corrected chi connectivity index (χ4v) is 4.76. The molecule has 0 aliphatic rings. The molecule has 0 saturated carbocycles. The second kappa shape index (κ2) is 7.26. The van der Waals surface area contributed by atoms with E-state index in [0.29, 0.717) is 27.6 Å². The van der Waals surface area contributed by atoms with Crippen LogP contribution in [-0.2, 0) is 0 Å². The van der Waals surface area contributed by atoms with Gasteiger partial charge in [0.15, 0.2) is 16.6 Å². The Kier molecular flexibility index (Phi) is 4.81. The number of carbonyl (C=O) groups excluding carboxylic acids is 1. The molecule has 4 rings (SSSR count). The zero-order chi connectivity index (χ0) is 19.0. The van der Waals surface area contributed by atoms with Gasteiger partial charge in [-0.1, -0.05) is 18.3 Å².